The number of hydrogen-bond donors (Lipinski definition) is 0. The van der Waals surface area contributed by atoms with Crippen LogP contribution in [0.5, 0.6) is 5.75 Å². The normalized spacial score (nSPS) is 11.0. The largest absolute Gasteiger partial charge is 0.493 e. The van der Waals surface area contributed by atoms with Crippen molar-refractivity contribution in [1.82, 2.24) is 9.97 Å². The standard InChI is InChI=1S/C20H14BrFN2OS2/c21-14-3-7-16(8-4-14)25-9-10-26-20-19-17(23-12-24-20)11-18(27-19)13-1-5-15(22)6-2-13/h1-8,11-12H,9-10H2. The summed E-state index contributed by atoms with van der Waals surface area (Å²) in [6.45, 7) is 0.591. The third-order valence-corrected chi connectivity index (χ3v) is 6.60. The van der Waals surface area contributed by atoms with Crippen LogP contribution in [-0.2, 0) is 0 Å². The molecule has 27 heavy (non-hydrogen) atoms. The molecule has 136 valence electrons. The Morgan fingerprint density at radius 2 is 1.81 bits per heavy atom. The summed E-state index contributed by atoms with van der Waals surface area (Å²) in [7, 11) is 0. The number of rotatable bonds is 6. The molecule has 4 rings (SSSR count). The van der Waals surface area contributed by atoms with Gasteiger partial charge < -0.3 is 4.74 Å². The van der Waals surface area contributed by atoms with Gasteiger partial charge in [-0.1, -0.05) is 28.1 Å². The van der Waals surface area contributed by atoms with Crippen LogP contribution in [0.4, 0.5) is 4.39 Å². The molecule has 7 heteroatoms. The molecule has 0 aliphatic rings. The van der Waals surface area contributed by atoms with E-state index in [1.807, 2.05) is 30.3 Å². The van der Waals surface area contributed by atoms with Crippen LogP contribution >= 0.6 is 39.0 Å². The van der Waals surface area contributed by atoms with Crippen molar-refractivity contribution in [2.45, 2.75) is 5.03 Å². The zero-order valence-corrected chi connectivity index (χ0v) is 17.3. The number of fused-ring (bicyclic) bond motifs is 1. The Bertz CT molecular complexity index is 1050. The first-order valence-electron chi connectivity index (χ1n) is 8.21. The summed E-state index contributed by atoms with van der Waals surface area (Å²) >= 11 is 6.68. The molecule has 0 unspecified atom stereocenters. The van der Waals surface area contributed by atoms with Gasteiger partial charge in [0.2, 0.25) is 0 Å². The van der Waals surface area contributed by atoms with Crippen molar-refractivity contribution >= 4 is 49.2 Å². The Balaban J connectivity index is 1.45. The average Bonchev–Trinajstić information content (AvgIpc) is 3.12. The van der Waals surface area contributed by atoms with Crippen molar-refractivity contribution in [2.24, 2.45) is 0 Å². The second-order valence-corrected chi connectivity index (χ2v) is 8.71. The molecule has 0 radical (unpaired) electrons. The molecule has 0 aliphatic carbocycles. The summed E-state index contributed by atoms with van der Waals surface area (Å²) in [5.41, 5.74) is 1.89. The van der Waals surface area contributed by atoms with Crippen molar-refractivity contribution in [1.29, 1.82) is 0 Å². The number of aromatic nitrogens is 2. The number of thiophene rings is 1. The number of ether oxygens (including phenoxy) is 1. The lowest BCUT2D eigenvalue weighted by atomic mass is 10.2. The van der Waals surface area contributed by atoms with E-state index in [0.717, 1.165) is 41.7 Å². The number of halogens is 2. The fourth-order valence-corrected chi connectivity index (χ4v) is 4.80. The van der Waals surface area contributed by atoms with E-state index in [0.29, 0.717) is 6.61 Å². The Morgan fingerprint density at radius 1 is 1.04 bits per heavy atom. The second kappa shape index (κ2) is 8.37. The summed E-state index contributed by atoms with van der Waals surface area (Å²) in [6.07, 6.45) is 1.58. The van der Waals surface area contributed by atoms with Crippen LogP contribution in [0.1, 0.15) is 0 Å². The van der Waals surface area contributed by atoms with E-state index in [-0.39, 0.29) is 5.82 Å². The molecule has 2 heterocycles. The van der Waals surface area contributed by atoms with Gasteiger partial charge in [-0.05, 0) is 48.0 Å². The van der Waals surface area contributed by atoms with Gasteiger partial charge in [0.25, 0.3) is 0 Å². The minimum Gasteiger partial charge on any atom is -0.493 e. The fraction of sp³-hybridized carbons (Fsp3) is 0.100. The molecule has 0 fully saturated rings. The molecule has 0 aliphatic heterocycles. The molecule has 4 aromatic rings. The number of benzene rings is 2. The van der Waals surface area contributed by atoms with Gasteiger partial charge in [0.15, 0.2) is 0 Å². The predicted molar refractivity (Wildman–Crippen MR) is 113 cm³/mol. The SMILES string of the molecule is Fc1ccc(-c2cc3ncnc(SCCOc4ccc(Br)cc4)c3s2)cc1. The molecule has 0 N–H and O–H groups in total. The first-order valence-corrected chi connectivity index (χ1v) is 10.8. The van der Waals surface area contributed by atoms with Crippen LogP contribution in [0.2, 0.25) is 0 Å². The van der Waals surface area contributed by atoms with Gasteiger partial charge in [0, 0.05) is 15.1 Å². The highest BCUT2D eigenvalue weighted by Crippen LogP contribution is 2.36. The number of thioether (sulfide) groups is 1. The Morgan fingerprint density at radius 3 is 2.59 bits per heavy atom. The maximum Gasteiger partial charge on any atom is 0.123 e. The third kappa shape index (κ3) is 4.48. The lowest BCUT2D eigenvalue weighted by Gasteiger charge is -2.06. The smallest absolute Gasteiger partial charge is 0.123 e. The lowest BCUT2D eigenvalue weighted by molar-refractivity contribution is 0.344. The minimum absolute atomic E-state index is 0.235. The van der Waals surface area contributed by atoms with Crippen molar-refractivity contribution in [3.63, 3.8) is 0 Å². The molecule has 3 nitrogen and oxygen atoms in total. The van der Waals surface area contributed by atoms with Gasteiger partial charge in [-0.2, -0.15) is 0 Å². The van der Waals surface area contributed by atoms with E-state index in [2.05, 4.69) is 25.9 Å². The van der Waals surface area contributed by atoms with E-state index in [4.69, 9.17) is 4.74 Å². The van der Waals surface area contributed by atoms with Gasteiger partial charge in [-0.3, -0.25) is 0 Å². The first-order chi connectivity index (χ1) is 13.2. The second-order valence-electron chi connectivity index (χ2n) is 5.66. The van der Waals surface area contributed by atoms with Crippen molar-refractivity contribution in [3.8, 4) is 16.2 Å². The van der Waals surface area contributed by atoms with Gasteiger partial charge >= 0.3 is 0 Å². The summed E-state index contributed by atoms with van der Waals surface area (Å²) in [5, 5.41) is 0.942. The molecule has 0 atom stereocenters. The Kier molecular flexibility index (Phi) is 5.71. The topological polar surface area (TPSA) is 35.0 Å². The van der Waals surface area contributed by atoms with Gasteiger partial charge in [0.05, 0.1) is 16.8 Å². The van der Waals surface area contributed by atoms with Gasteiger partial charge in [-0.25, -0.2) is 14.4 Å². The Hall–Kier alpha value is -1.96. The molecule has 2 aromatic heterocycles. The van der Waals surface area contributed by atoms with Crippen LogP contribution in [0.25, 0.3) is 20.7 Å². The van der Waals surface area contributed by atoms with Crippen molar-refractivity contribution in [3.05, 3.63) is 71.2 Å². The van der Waals surface area contributed by atoms with Crippen molar-refractivity contribution in [2.75, 3.05) is 12.4 Å². The molecule has 0 amide bonds. The summed E-state index contributed by atoms with van der Waals surface area (Å²) in [5.74, 6) is 1.40. The molecular formula is C20H14BrFN2OS2. The molecule has 2 aromatic carbocycles. The molecule has 0 spiro atoms. The number of hydrogen-bond acceptors (Lipinski definition) is 5. The van der Waals surface area contributed by atoms with Crippen LogP contribution in [-0.4, -0.2) is 22.3 Å². The fourth-order valence-electron chi connectivity index (χ4n) is 2.52. The maximum atomic E-state index is 13.1. The maximum absolute atomic E-state index is 13.1. The van der Waals surface area contributed by atoms with Crippen LogP contribution in [0, 0.1) is 5.82 Å². The quantitative estimate of drug-likeness (QED) is 0.188. The highest BCUT2D eigenvalue weighted by Gasteiger charge is 2.11. The summed E-state index contributed by atoms with van der Waals surface area (Å²) < 4.78 is 21.0. The highest BCUT2D eigenvalue weighted by molar-refractivity contribution is 9.10. The zero-order valence-electron chi connectivity index (χ0n) is 14.1. The first kappa shape index (κ1) is 18.4. The third-order valence-electron chi connectivity index (χ3n) is 3.81. The zero-order chi connectivity index (χ0) is 18.6. The average molecular weight is 461 g/mol. The monoisotopic (exact) mass is 460 g/mol. The van der Waals surface area contributed by atoms with Crippen LogP contribution in [0.3, 0.4) is 0 Å². The Labute approximate surface area is 172 Å². The predicted octanol–water partition coefficient (Wildman–Crippen LogP) is 6.43. The van der Waals surface area contributed by atoms with E-state index in [1.165, 1.54) is 12.1 Å². The molecule has 0 bridgehead atoms. The van der Waals surface area contributed by atoms with E-state index < -0.39 is 0 Å². The van der Waals surface area contributed by atoms with E-state index in [1.54, 1.807) is 41.6 Å². The van der Waals surface area contributed by atoms with Gasteiger partial charge in [0.1, 0.15) is 22.9 Å². The van der Waals surface area contributed by atoms with Crippen LogP contribution < -0.4 is 4.74 Å². The summed E-state index contributed by atoms with van der Waals surface area (Å²) in [6, 6.07) is 16.3. The van der Waals surface area contributed by atoms with Crippen LogP contribution in [0.15, 0.2) is 70.4 Å². The molecular weight excluding hydrogens is 447 g/mol. The van der Waals surface area contributed by atoms with Crippen molar-refractivity contribution < 1.29 is 9.13 Å². The van der Waals surface area contributed by atoms with E-state index >= 15 is 0 Å². The van der Waals surface area contributed by atoms with E-state index in [9.17, 15) is 4.39 Å². The molecule has 0 saturated carbocycles. The highest BCUT2D eigenvalue weighted by atomic mass is 79.9. The molecule has 0 saturated heterocycles. The lowest BCUT2D eigenvalue weighted by Crippen LogP contribution is -2.00. The van der Waals surface area contributed by atoms with Gasteiger partial charge in [-0.15, -0.1) is 23.1 Å². The minimum atomic E-state index is -0.235. The summed E-state index contributed by atoms with van der Waals surface area (Å²) in [4.78, 5) is 9.84. The number of nitrogens with zero attached hydrogens (tertiary/aromatic N) is 2.